The highest BCUT2D eigenvalue weighted by Gasteiger charge is 2.33. The SMILES string of the molecule is CCC(C)(CC)CC(=O)NC(CC1CCC1)C1CCC1. The lowest BCUT2D eigenvalue weighted by atomic mass is 9.72. The highest BCUT2D eigenvalue weighted by molar-refractivity contribution is 5.77. The van der Waals surface area contributed by atoms with Crippen LogP contribution in [-0.2, 0) is 4.79 Å². The van der Waals surface area contributed by atoms with Crippen LogP contribution < -0.4 is 5.32 Å². The monoisotopic (exact) mass is 279 g/mol. The maximum atomic E-state index is 12.4. The molecule has 2 aliphatic rings. The van der Waals surface area contributed by atoms with Gasteiger partial charge in [0.25, 0.3) is 0 Å². The Morgan fingerprint density at radius 1 is 1.15 bits per heavy atom. The summed E-state index contributed by atoms with van der Waals surface area (Å²) in [5, 5.41) is 3.40. The van der Waals surface area contributed by atoms with Gasteiger partial charge in [-0.05, 0) is 36.5 Å². The molecule has 20 heavy (non-hydrogen) atoms. The van der Waals surface area contributed by atoms with Crippen molar-refractivity contribution in [2.24, 2.45) is 17.3 Å². The van der Waals surface area contributed by atoms with Crippen LogP contribution in [-0.4, -0.2) is 11.9 Å². The van der Waals surface area contributed by atoms with Crippen molar-refractivity contribution in [2.75, 3.05) is 0 Å². The number of amides is 1. The van der Waals surface area contributed by atoms with E-state index in [4.69, 9.17) is 0 Å². The van der Waals surface area contributed by atoms with Gasteiger partial charge >= 0.3 is 0 Å². The van der Waals surface area contributed by atoms with E-state index in [0.29, 0.717) is 18.4 Å². The molecule has 2 saturated carbocycles. The first-order valence-electron chi connectivity index (χ1n) is 8.85. The lowest BCUT2D eigenvalue weighted by molar-refractivity contribution is -0.125. The summed E-state index contributed by atoms with van der Waals surface area (Å²) in [5.41, 5.74) is 0.185. The van der Waals surface area contributed by atoms with E-state index in [-0.39, 0.29) is 5.41 Å². The third-order valence-electron chi connectivity index (χ3n) is 6.17. The third-order valence-corrected chi connectivity index (χ3v) is 6.17. The van der Waals surface area contributed by atoms with Crippen LogP contribution in [0.2, 0.25) is 0 Å². The van der Waals surface area contributed by atoms with Crippen molar-refractivity contribution in [3.8, 4) is 0 Å². The summed E-state index contributed by atoms with van der Waals surface area (Å²) in [7, 11) is 0. The Morgan fingerprint density at radius 2 is 1.75 bits per heavy atom. The number of hydrogen-bond donors (Lipinski definition) is 1. The molecule has 2 rings (SSSR count). The molecule has 0 heterocycles. The van der Waals surface area contributed by atoms with Gasteiger partial charge < -0.3 is 5.32 Å². The molecule has 1 unspecified atom stereocenters. The molecule has 0 aromatic carbocycles. The van der Waals surface area contributed by atoms with Gasteiger partial charge in [-0.2, -0.15) is 0 Å². The molecule has 2 fully saturated rings. The maximum absolute atomic E-state index is 12.4. The zero-order chi connectivity index (χ0) is 14.6. The predicted octanol–water partition coefficient (Wildman–Crippen LogP) is 4.68. The predicted molar refractivity (Wildman–Crippen MR) is 84.5 cm³/mol. The van der Waals surface area contributed by atoms with Gasteiger partial charge in [0.05, 0.1) is 0 Å². The average molecular weight is 279 g/mol. The summed E-state index contributed by atoms with van der Waals surface area (Å²) in [6.07, 6.45) is 12.3. The zero-order valence-corrected chi connectivity index (χ0v) is 13.7. The van der Waals surface area contributed by atoms with Crippen molar-refractivity contribution in [1.82, 2.24) is 5.32 Å². The van der Waals surface area contributed by atoms with Crippen LogP contribution in [0.4, 0.5) is 0 Å². The Balaban J connectivity index is 1.84. The minimum atomic E-state index is 0.185. The van der Waals surface area contributed by atoms with E-state index in [9.17, 15) is 4.79 Å². The lowest BCUT2D eigenvalue weighted by Crippen LogP contribution is -2.45. The van der Waals surface area contributed by atoms with Crippen LogP contribution >= 0.6 is 0 Å². The first-order valence-corrected chi connectivity index (χ1v) is 8.85. The minimum absolute atomic E-state index is 0.185. The highest BCUT2D eigenvalue weighted by atomic mass is 16.1. The van der Waals surface area contributed by atoms with Crippen molar-refractivity contribution in [3.63, 3.8) is 0 Å². The van der Waals surface area contributed by atoms with Gasteiger partial charge in [0, 0.05) is 12.5 Å². The van der Waals surface area contributed by atoms with Gasteiger partial charge in [0.15, 0.2) is 0 Å². The first-order chi connectivity index (χ1) is 9.56. The van der Waals surface area contributed by atoms with Gasteiger partial charge in [-0.3, -0.25) is 4.79 Å². The molecule has 116 valence electrons. The van der Waals surface area contributed by atoms with Gasteiger partial charge in [-0.25, -0.2) is 0 Å². The maximum Gasteiger partial charge on any atom is 0.220 e. The molecule has 1 amide bonds. The second-order valence-corrected chi connectivity index (χ2v) is 7.59. The molecule has 0 aromatic heterocycles. The van der Waals surface area contributed by atoms with Crippen molar-refractivity contribution < 1.29 is 4.79 Å². The molecule has 0 radical (unpaired) electrons. The number of carbonyl (C=O) groups excluding carboxylic acids is 1. The number of nitrogens with one attached hydrogen (secondary N) is 1. The normalized spacial score (nSPS) is 21.9. The van der Waals surface area contributed by atoms with Crippen LogP contribution in [0.15, 0.2) is 0 Å². The highest BCUT2D eigenvalue weighted by Crippen LogP contribution is 2.38. The van der Waals surface area contributed by atoms with Crippen molar-refractivity contribution in [3.05, 3.63) is 0 Å². The van der Waals surface area contributed by atoms with E-state index in [1.807, 2.05) is 0 Å². The van der Waals surface area contributed by atoms with E-state index in [1.165, 1.54) is 44.9 Å². The molecule has 2 aliphatic carbocycles. The quantitative estimate of drug-likeness (QED) is 0.687. The van der Waals surface area contributed by atoms with Crippen LogP contribution in [0.5, 0.6) is 0 Å². The molecule has 1 atom stereocenters. The summed E-state index contributed by atoms with van der Waals surface area (Å²) < 4.78 is 0. The van der Waals surface area contributed by atoms with Crippen molar-refractivity contribution in [1.29, 1.82) is 0 Å². The van der Waals surface area contributed by atoms with Crippen LogP contribution in [0.1, 0.15) is 85.0 Å². The fourth-order valence-electron chi connectivity index (χ4n) is 3.44. The molecule has 2 nitrogen and oxygen atoms in total. The van der Waals surface area contributed by atoms with Crippen molar-refractivity contribution >= 4 is 5.91 Å². The average Bonchev–Trinajstić information content (AvgIpc) is 2.31. The topological polar surface area (TPSA) is 29.1 Å². The second kappa shape index (κ2) is 6.95. The molecule has 0 aliphatic heterocycles. The molecule has 0 aromatic rings. The Kier molecular flexibility index (Phi) is 5.51. The molecule has 0 spiro atoms. The third kappa shape index (κ3) is 3.99. The van der Waals surface area contributed by atoms with E-state index in [1.54, 1.807) is 0 Å². The first kappa shape index (κ1) is 15.9. The standard InChI is InChI=1S/C18H33NO/c1-4-18(3,5-2)13-17(20)19-16(15-10-7-11-15)12-14-8-6-9-14/h14-16H,4-13H2,1-3H3,(H,19,20). The van der Waals surface area contributed by atoms with E-state index >= 15 is 0 Å². The molecular weight excluding hydrogens is 246 g/mol. The van der Waals surface area contributed by atoms with Gasteiger partial charge in [-0.1, -0.05) is 59.3 Å². The summed E-state index contributed by atoms with van der Waals surface area (Å²) in [4.78, 5) is 12.4. The molecular formula is C18H33NO. The summed E-state index contributed by atoms with van der Waals surface area (Å²) in [5.74, 6) is 1.96. The number of hydrogen-bond acceptors (Lipinski definition) is 1. The smallest absolute Gasteiger partial charge is 0.220 e. The van der Waals surface area contributed by atoms with Crippen LogP contribution in [0.3, 0.4) is 0 Å². The fourth-order valence-corrected chi connectivity index (χ4v) is 3.44. The van der Waals surface area contributed by atoms with Gasteiger partial charge in [0.1, 0.15) is 0 Å². The Morgan fingerprint density at radius 3 is 2.15 bits per heavy atom. The zero-order valence-electron chi connectivity index (χ0n) is 13.7. The Labute approximate surface area is 125 Å². The summed E-state index contributed by atoms with van der Waals surface area (Å²) in [6.45, 7) is 6.65. The van der Waals surface area contributed by atoms with E-state index in [2.05, 4.69) is 26.1 Å². The largest absolute Gasteiger partial charge is 0.353 e. The van der Waals surface area contributed by atoms with E-state index < -0.39 is 0 Å². The molecule has 1 N–H and O–H groups in total. The van der Waals surface area contributed by atoms with Crippen LogP contribution in [0.25, 0.3) is 0 Å². The lowest BCUT2D eigenvalue weighted by Gasteiger charge is -2.39. The summed E-state index contributed by atoms with van der Waals surface area (Å²) >= 11 is 0. The van der Waals surface area contributed by atoms with Gasteiger partial charge in [-0.15, -0.1) is 0 Å². The molecule has 0 saturated heterocycles. The fraction of sp³-hybridized carbons (Fsp3) is 0.944. The minimum Gasteiger partial charge on any atom is -0.353 e. The Bertz CT molecular complexity index is 313. The Hall–Kier alpha value is -0.530. The summed E-state index contributed by atoms with van der Waals surface area (Å²) in [6, 6.07) is 0.472. The van der Waals surface area contributed by atoms with Crippen molar-refractivity contribution in [2.45, 2.75) is 91.0 Å². The number of rotatable bonds is 8. The molecule has 0 bridgehead atoms. The second-order valence-electron chi connectivity index (χ2n) is 7.59. The van der Waals surface area contributed by atoms with Gasteiger partial charge in [0.2, 0.25) is 5.91 Å². The van der Waals surface area contributed by atoms with E-state index in [0.717, 1.165) is 24.7 Å². The number of carbonyl (C=O) groups is 1. The van der Waals surface area contributed by atoms with Crippen LogP contribution in [0, 0.1) is 17.3 Å². The molecule has 2 heteroatoms.